The summed E-state index contributed by atoms with van der Waals surface area (Å²) in [5.41, 5.74) is 1.95. The van der Waals surface area contributed by atoms with Gasteiger partial charge in [-0.1, -0.05) is 29.8 Å². The van der Waals surface area contributed by atoms with Gasteiger partial charge < -0.3 is 24.1 Å². The summed E-state index contributed by atoms with van der Waals surface area (Å²) in [5, 5.41) is 11.9. The highest BCUT2D eigenvalue weighted by Gasteiger charge is 2.48. The molecule has 1 heterocycles. The molecule has 3 aromatic carbocycles. The van der Waals surface area contributed by atoms with Crippen LogP contribution in [0.1, 0.15) is 29.7 Å². The number of carbonyl (C=O) groups is 2. The first kappa shape index (κ1) is 26.9. The van der Waals surface area contributed by atoms with Crippen molar-refractivity contribution in [3.05, 3.63) is 81.9 Å². The van der Waals surface area contributed by atoms with Gasteiger partial charge in [0.2, 0.25) is 5.75 Å². The van der Waals surface area contributed by atoms with Gasteiger partial charge in [0.25, 0.3) is 11.7 Å². The third kappa shape index (κ3) is 4.63. The fourth-order valence-electron chi connectivity index (χ4n) is 4.56. The standard InChI is InChI=1S/C29H28ClNO7/c1-6-38-21-13-17(11-12-19(21)30)26(32)24-25(18-14-22(35-3)28(37-5)23(15-18)36-4)31(29(34)27(24)33)20-10-8-7-9-16(20)2/h7-15,25,32H,6H2,1-5H3/b26-24+. The molecule has 38 heavy (non-hydrogen) atoms. The molecular formula is C29H28ClNO7. The van der Waals surface area contributed by atoms with Gasteiger partial charge in [0.15, 0.2) is 11.5 Å². The number of carbonyl (C=O) groups excluding carboxylic acids is 2. The van der Waals surface area contributed by atoms with Crippen molar-refractivity contribution in [2.45, 2.75) is 19.9 Å². The van der Waals surface area contributed by atoms with Crippen LogP contribution in [-0.2, 0) is 9.59 Å². The van der Waals surface area contributed by atoms with Crippen molar-refractivity contribution < 1.29 is 33.6 Å². The van der Waals surface area contributed by atoms with Crippen molar-refractivity contribution in [2.75, 3.05) is 32.8 Å². The lowest BCUT2D eigenvalue weighted by molar-refractivity contribution is -0.132. The molecule has 8 nitrogen and oxygen atoms in total. The van der Waals surface area contributed by atoms with Gasteiger partial charge >= 0.3 is 0 Å². The third-order valence-corrected chi connectivity index (χ3v) is 6.64. The van der Waals surface area contributed by atoms with Crippen LogP contribution in [0.3, 0.4) is 0 Å². The van der Waals surface area contributed by atoms with Gasteiger partial charge in [-0.25, -0.2) is 0 Å². The molecule has 0 radical (unpaired) electrons. The maximum atomic E-state index is 13.6. The lowest BCUT2D eigenvalue weighted by Crippen LogP contribution is -2.30. The highest BCUT2D eigenvalue weighted by Crippen LogP contribution is 2.47. The molecule has 3 aromatic rings. The van der Waals surface area contributed by atoms with Gasteiger partial charge in [-0.3, -0.25) is 14.5 Å². The largest absolute Gasteiger partial charge is 0.507 e. The van der Waals surface area contributed by atoms with Gasteiger partial charge in [-0.2, -0.15) is 0 Å². The summed E-state index contributed by atoms with van der Waals surface area (Å²) in [6.07, 6.45) is 0. The van der Waals surface area contributed by atoms with E-state index in [0.29, 0.717) is 45.9 Å². The predicted octanol–water partition coefficient (Wildman–Crippen LogP) is 5.70. The SMILES string of the molecule is CCOc1cc(/C(O)=C2\C(=O)C(=O)N(c3ccccc3C)C2c2cc(OC)c(OC)c(OC)c2)ccc1Cl. The number of benzene rings is 3. The molecule has 4 rings (SSSR count). The molecule has 198 valence electrons. The van der Waals surface area contributed by atoms with E-state index in [9.17, 15) is 14.7 Å². The number of aliphatic hydroxyl groups excluding tert-OH is 1. The Balaban J connectivity index is 2.03. The van der Waals surface area contributed by atoms with Gasteiger partial charge in [0.1, 0.15) is 11.5 Å². The maximum absolute atomic E-state index is 13.6. The van der Waals surface area contributed by atoms with E-state index in [1.807, 2.05) is 19.1 Å². The molecule has 9 heteroatoms. The molecule has 0 bridgehead atoms. The highest BCUT2D eigenvalue weighted by molar-refractivity contribution is 6.51. The van der Waals surface area contributed by atoms with Crippen molar-refractivity contribution in [1.82, 2.24) is 0 Å². The van der Waals surface area contributed by atoms with Gasteiger partial charge in [0, 0.05) is 11.3 Å². The first-order valence-corrected chi connectivity index (χ1v) is 12.2. The number of amides is 1. The third-order valence-electron chi connectivity index (χ3n) is 6.33. The fraction of sp³-hybridized carbons (Fsp3) is 0.241. The summed E-state index contributed by atoms with van der Waals surface area (Å²) in [7, 11) is 4.43. The minimum atomic E-state index is -1.00. The first-order chi connectivity index (χ1) is 18.3. The zero-order chi connectivity index (χ0) is 27.6. The lowest BCUT2D eigenvalue weighted by Gasteiger charge is -2.27. The van der Waals surface area contributed by atoms with Gasteiger partial charge in [-0.15, -0.1) is 0 Å². The van der Waals surface area contributed by atoms with Crippen molar-refractivity contribution in [3.63, 3.8) is 0 Å². The number of Topliss-reactive ketones (excluding diaryl/α,β-unsaturated/α-hetero) is 1. The van der Waals surface area contributed by atoms with Crippen molar-refractivity contribution in [1.29, 1.82) is 0 Å². The smallest absolute Gasteiger partial charge is 0.300 e. The van der Waals surface area contributed by atoms with E-state index in [0.717, 1.165) is 5.56 Å². The van der Waals surface area contributed by atoms with Crippen LogP contribution in [0.2, 0.25) is 5.02 Å². The Morgan fingerprint density at radius 3 is 2.18 bits per heavy atom. The predicted molar refractivity (Wildman–Crippen MR) is 145 cm³/mol. The average Bonchev–Trinajstić information content (AvgIpc) is 3.18. The number of ketones is 1. The van der Waals surface area contributed by atoms with Crippen LogP contribution < -0.4 is 23.8 Å². The van der Waals surface area contributed by atoms with E-state index in [4.69, 9.17) is 30.5 Å². The number of ether oxygens (including phenoxy) is 4. The van der Waals surface area contributed by atoms with E-state index < -0.39 is 17.7 Å². The molecule has 0 spiro atoms. The number of methoxy groups -OCH3 is 3. The van der Waals surface area contributed by atoms with Gasteiger partial charge in [-0.05, 0) is 61.4 Å². The minimum absolute atomic E-state index is 0.0997. The molecule has 0 saturated carbocycles. The Labute approximate surface area is 225 Å². The first-order valence-electron chi connectivity index (χ1n) is 11.9. The Morgan fingerprint density at radius 1 is 0.947 bits per heavy atom. The number of para-hydroxylation sites is 1. The summed E-state index contributed by atoms with van der Waals surface area (Å²) < 4.78 is 22.1. The van der Waals surface area contributed by atoms with Crippen molar-refractivity contribution >= 4 is 34.7 Å². The number of hydrogen-bond acceptors (Lipinski definition) is 7. The van der Waals surface area contributed by atoms with Crippen LogP contribution in [0.5, 0.6) is 23.0 Å². The van der Waals surface area contributed by atoms with Crippen LogP contribution in [0, 0.1) is 6.92 Å². The second-order valence-electron chi connectivity index (χ2n) is 8.49. The van der Waals surface area contributed by atoms with Crippen LogP contribution >= 0.6 is 11.6 Å². The van der Waals surface area contributed by atoms with Crippen LogP contribution in [-0.4, -0.2) is 44.7 Å². The summed E-state index contributed by atoms with van der Waals surface area (Å²) in [6.45, 7) is 4.00. The molecule has 1 aliphatic rings. The molecule has 1 unspecified atom stereocenters. The Hall–Kier alpha value is -4.17. The van der Waals surface area contributed by atoms with Gasteiger partial charge in [0.05, 0.1) is 44.6 Å². The Bertz CT molecular complexity index is 1410. The number of halogens is 1. The quantitative estimate of drug-likeness (QED) is 0.224. The molecule has 1 aliphatic heterocycles. The molecule has 1 atom stereocenters. The second-order valence-corrected chi connectivity index (χ2v) is 8.90. The van der Waals surface area contributed by atoms with E-state index in [1.54, 1.807) is 43.3 Å². The summed E-state index contributed by atoms with van der Waals surface area (Å²) in [6, 6.07) is 14.2. The molecule has 1 amide bonds. The number of nitrogens with zero attached hydrogens (tertiary/aromatic N) is 1. The Kier molecular flexibility index (Phi) is 7.83. The topological polar surface area (TPSA) is 94.5 Å². The van der Waals surface area contributed by atoms with Crippen LogP contribution in [0.15, 0.2) is 60.2 Å². The van der Waals surface area contributed by atoms with Crippen LogP contribution in [0.4, 0.5) is 5.69 Å². The number of aryl methyl sites for hydroxylation is 1. The summed E-state index contributed by atoms with van der Waals surface area (Å²) >= 11 is 6.24. The Morgan fingerprint density at radius 2 is 1.61 bits per heavy atom. The minimum Gasteiger partial charge on any atom is -0.507 e. The molecule has 1 fully saturated rings. The average molecular weight is 538 g/mol. The summed E-state index contributed by atoms with van der Waals surface area (Å²) in [4.78, 5) is 28.5. The zero-order valence-corrected chi connectivity index (χ0v) is 22.5. The normalized spacial score (nSPS) is 16.5. The van der Waals surface area contributed by atoms with Crippen molar-refractivity contribution in [3.8, 4) is 23.0 Å². The van der Waals surface area contributed by atoms with E-state index in [2.05, 4.69) is 0 Å². The highest BCUT2D eigenvalue weighted by atomic mass is 35.5. The fourth-order valence-corrected chi connectivity index (χ4v) is 4.73. The molecular weight excluding hydrogens is 510 g/mol. The van der Waals surface area contributed by atoms with Crippen LogP contribution in [0.25, 0.3) is 5.76 Å². The maximum Gasteiger partial charge on any atom is 0.300 e. The summed E-state index contributed by atoms with van der Waals surface area (Å²) in [5.74, 6) is -0.613. The number of rotatable bonds is 8. The van der Waals surface area contributed by atoms with E-state index in [1.165, 1.54) is 32.3 Å². The zero-order valence-electron chi connectivity index (χ0n) is 21.7. The second kappa shape index (κ2) is 11.1. The molecule has 0 aliphatic carbocycles. The number of hydrogen-bond donors (Lipinski definition) is 1. The molecule has 0 aromatic heterocycles. The van der Waals surface area contributed by atoms with E-state index >= 15 is 0 Å². The molecule has 1 N–H and O–H groups in total. The monoisotopic (exact) mass is 537 g/mol. The lowest BCUT2D eigenvalue weighted by atomic mass is 9.94. The molecule has 1 saturated heterocycles. The van der Waals surface area contributed by atoms with Crippen molar-refractivity contribution in [2.24, 2.45) is 0 Å². The number of anilines is 1. The van der Waals surface area contributed by atoms with E-state index in [-0.39, 0.29) is 16.9 Å². The number of aliphatic hydroxyl groups is 1.